The molecular weight excluding hydrogens is 501 g/mol. The number of halogens is 1. The molecule has 0 atom stereocenters. The van der Waals surface area contributed by atoms with E-state index in [9.17, 15) is 14.0 Å². The predicted molar refractivity (Wildman–Crippen MR) is 148 cm³/mol. The Kier molecular flexibility index (Phi) is 6.75. The van der Waals surface area contributed by atoms with Gasteiger partial charge in [0.15, 0.2) is 0 Å². The monoisotopic (exact) mass is 527 g/mol. The van der Waals surface area contributed by atoms with Crippen LogP contribution in [0.2, 0.25) is 0 Å². The number of urea groups is 1. The van der Waals surface area contributed by atoms with E-state index in [1.165, 1.54) is 22.8 Å². The van der Waals surface area contributed by atoms with Crippen molar-refractivity contribution in [2.75, 3.05) is 23.0 Å². The number of benzene rings is 1. The fraction of sp³-hybridized carbons (Fsp3) is 0.185. The fourth-order valence-electron chi connectivity index (χ4n) is 4.10. The molecule has 2 amide bonds. The summed E-state index contributed by atoms with van der Waals surface area (Å²) in [6, 6.07) is 8.74. The van der Waals surface area contributed by atoms with Crippen LogP contribution in [0, 0.1) is 5.82 Å². The summed E-state index contributed by atoms with van der Waals surface area (Å²) in [4.78, 5) is 38.8. The van der Waals surface area contributed by atoms with Gasteiger partial charge >= 0.3 is 6.03 Å². The van der Waals surface area contributed by atoms with Gasteiger partial charge in [-0.1, -0.05) is 6.07 Å². The highest BCUT2D eigenvalue weighted by Crippen LogP contribution is 2.29. The summed E-state index contributed by atoms with van der Waals surface area (Å²) in [5, 5.41) is 13.4. The lowest BCUT2D eigenvalue weighted by atomic mass is 10.1. The van der Waals surface area contributed by atoms with Gasteiger partial charge in [-0.3, -0.25) is 19.0 Å². The fourth-order valence-corrected chi connectivity index (χ4v) is 4.10. The van der Waals surface area contributed by atoms with Crippen LogP contribution in [0.25, 0.3) is 33.4 Å². The number of amides is 2. The molecule has 0 aliphatic heterocycles. The summed E-state index contributed by atoms with van der Waals surface area (Å²) in [7, 11) is 3.29. The van der Waals surface area contributed by atoms with E-state index in [0.29, 0.717) is 39.5 Å². The van der Waals surface area contributed by atoms with Crippen LogP contribution in [0.1, 0.15) is 19.9 Å². The molecule has 0 fully saturated rings. The van der Waals surface area contributed by atoms with Crippen LogP contribution in [0.4, 0.5) is 26.5 Å². The number of nitrogens with one attached hydrogen (secondary N) is 3. The zero-order valence-corrected chi connectivity index (χ0v) is 21.7. The van der Waals surface area contributed by atoms with Gasteiger partial charge in [0.25, 0.3) is 5.56 Å². The van der Waals surface area contributed by atoms with E-state index in [0.717, 1.165) is 5.56 Å². The van der Waals surface area contributed by atoms with E-state index in [4.69, 9.17) is 0 Å². The summed E-state index contributed by atoms with van der Waals surface area (Å²) < 4.78 is 17.9. The summed E-state index contributed by atoms with van der Waals surface area (Å²) >= 11 is 0. The van der Waals surface area contributed by atoms with Gasteiger partial charge in [0.1, 0.15) is 17.2 Å². The molecule has 0 unspecified atom stereocenters. The molecule has 0 saturated heterocycles. The minimum atomic E-state index is -0.668. The maximum atomic E-state index is 14.8. The van der Waals surface area contributed by atoms with Crippen molar-refractivity contribution in [3.05, 3.63) is 77.4 Å². The second-order valence-electron chi connectivity index (χ2n) is 9.13. The number of aryl methyl sites for hydroxylation is 1. The van der Waals surface area contributed by atoms with Crippen LogP contribution in [-0.4, -0.2) is 42.4 Å². The number of fused-ring (bicyclic) bond motifs is 1. The highest BCUT2D eigenvalue weighted by molar-refractivity contribution is 6.02. The molecule has 11 nitrogen and oxygen atoms in total. The number of hydrogen-bond acceptors (Lipinski definition) is 7. The lowest BCUT2D eigenvalue weighted by Crippen LogP contribution is -2.21. The molecule has 4 aromatic heterocycles. The largest absolute Gasteiger partial charge is 0.357 e. The summed E-state index contributed by atoms with van der Waals surface area (Å²) in [6.07, 6.45) is 6.60. The number of anilines is 3. The molecule has 0 aliphatic carbocycles. The van der Waals surface area contributed by atoms with Gasteiger partial charge in [0, 0.05) is 61.4 Å². The number of rotatable bonds is 6. The SMILES string of the molecule is CNc1ncc2cc(-c3ccc(F)c(NC(=O)Nc4cn(C(C)C)nc4-c4cccnc4)c3)c(=O)n(C)c2n1. The van der Waals surface area contributed by atoms with E-state index in [1.54, 1.807) is 55.7 Å². The lowest BCUT2D eigenvalue weighted by molar-refractivity contribution is 0.262. The van der Waals surface area contributed by atoms with Crippen molar-refractivity contribution in [1.29, 1.82) is 0 Å². The summed E-state index contributed by atoms with van der Waals surface area (Å²) in [5.74, 6) is -0.269. The number of carbonyl (C=O) groups is 1. The standard InChI is InChI=1S/C27H26FN9O2/c1-15(2)37-14-22(23(35-37)17-6-5-9-30-12-17)33-27(39)32-21-11-16(7-8-20(21)28)19-10-18-13-31-26(29-3)34-24(18)36(4)25(19)38/h5-15H,1-4H3,(H,29,31,34)(H2,32,33,39). The second kappa shape index (κ2) is 10.3. The van der Waals surface area contributed by atoms with E-state index in [-0.39, 0.29) is 17.3 Å². The van der Waals surface area contributed by atoms with Gasteiger partial charge in [-0.25, -0.2) is 14.2 Å². The number of carbonyl (C=O) groups excluding carboxylic acids is 1. The highest BCUT2D eigenvalue weighted by atomic mass is 19.1. The normalized spacial score (nSPS) is 11.1. The van der Waals surface area contributed by atoms with Crippen LogP contribution >= 0.6 is 0 Å². The Hall–Kier alpha value is -5.13. The molecule has 4 heterocycles. The molecular formula is C27H26FN9O2. The Bertz CT molecular complexity index is 1750. The quantitative estimate of drug-likeness (QED) is 0.293. The van der Waals surface area contributed by atoms with Gasteiger partial charge in [0.05, 0.1) is 11.4 Å². The van der Waals surface area contributed by atoms with Crippen molar-refractivity contribution in [1.82, 2.24) is 29.3 Å². The van der Waals surface area contributed by atoms with Gasteiger partial charge in [-0.15, -0.1) is 0 Å². The van der Waals surface area contributed by atoms with Crippen molar-refractivity contribution in [3.8, 4) is 22.4 Å². The predicted octanol–water partition coefficient (Wildman–Crippen LogP) is 4.66. The summed E-state index contributed by atoms with van der Waals surface area (Å²) in [5.41, 5.74) is 2.47. The van der Waals surface area contributed by atoms with Crippen molar-refractivity contribution < 1.29 is 9.18 Å². The first-order valence-corrected chi connectivity index (χ1v) is 12.2. The first-order valence-electron chi connectivity index (χ1n) is 12.2. The molecule has 3 N–H and O–H groups in total. The van der Waals surface area contributed by atoms with E-state index in [2.05, 4.69) is 36.0 Å². The van der Waals surface area contributed by atoms with Gasteiger partial charge in [-0.05, 0) is 49.7 Å². The number of pyridine rings is 2. The molecule has 0 spiro atoms. The smallest absolute Gasteiger partial charge is 0.323 e. The molecule has 0 radical (unpaired) electrons. The molecule has 0 aliphatic rings. The topological polar surface area (TPSA) is 132 Å². The third kappa shape index (κ3) is 5.04. The lowest BCUT2D eigenvalue weighted by Gasteiger charge is -2.12. The Morgan fingerprint density at radius 3 is 2.56 bits per heavy atom. The zero-order valence-electron chi connectivity index (χ0n) is 21.7. The minimum Gasteiger partial charge on any atom is -0.357 e. The average Bonchev–Trinajstić information content (AvgIpc) is 3.36. The maximum Gasteiger partial charge on any atom is 0.323 e. The zero-order chi connectivity index (χ0) is 27.7. The molecule has 0 bridgehead atoms. The summed E-state index contributed by atoms with van der Waals surface area (Å²) in [6.45, 7) is 3.93. The molecule has 0 saturated carbocycles. The maximum absolute atomic E-state index is 14.8. The molecule has 5 aromatic rings. The first-order chi connectivity index (χ1) is 18.7. The Morgan fingerprint density at radius 1 is 1.05 bits per heavy atom. The van der Waals surface area contributed by atoms with Crippen LogP contribution in [0.15, 0.2) is 66.0 Å². The Morgan fingerprint density at radius 2 is 1.85 bits per heavy atom. The number of hydrogen-bond donors (Lipinski definition) is 3. The Balaban J connectivity index is 1.45. The van der Waals surface area contributed by atoms with Crippen LogP contribution < -0.4 is 21.5 Å². The molecule has 39 heavy (non-hydrogen) atoms. The van der Waals surface area contributed by atoms with E-state index >= 15 is 0 Å². The van der Waals surface area contributed by atoms with E-state index in [1.807, 2.05) is 19.9 Å². The van der Waals surface area contributed by atoms with Crippen molar-refractivity contribution in [3.63, 3.8) is 0 Å². The van der Waals surface area contributed by atoms with Gasteiger partial charge < -0.3 is 16.0 Å². The molecule has 198 valence electrons. The van der Waals surface area contributed by atoms with Crippen LogP contribution in [0.5, 0.6) is 0 Å². The van der Waals surface area contributed by atoms with Crippen LogP contribution in [0.3, 0.4) is 0 Å². The van der Waals surface area contributed by atoms with Crippen molar-refractivity contribution in [2.24, 2.45) is 7.05 Å². The second-order valence-corrected chi connectivity index (χ2v) is 9.13. The number of aromatic nitrogens is 6. The van der Waals surface area contributed by atoms with Crippen LogP contribution in [-0.2, 0) is 7.05 Å². The first kappa shape index (κ1) is 25.5. The van der Waals surface area contributed by atoms with Crippen molar-refractivity contribution in [2.45, 2.75) is 19.9 Å². The molecule has 12 heteroatoms. The third-order valence-corrected chi connectivity index (χ3v) is 6.14. The molecule has 1 aromatic carbocycles. The highest BCUT2D eigenvalue weighted by Gasteiger charge is 2.18. The van der Waals surface area contributed by atoms with Crippen molar-refractivity contribution >= 4 is 34.4 Å². The van der Waals surface area contributed by atoms with E-state index < -0.39 is 11.8 Å². The Labute approximate surface area is 222 Å². The molecule has 5 rings (SSSR count). The minimum absolute atomic E-state index is 0.0490. The average molecular weight is 528 g/mol. The van der Waals surface area contributed by atoms with Gasteiger partial charge in [0.2, 0.25) is 5.95 Å². The number of nitrogens with zero attached hydrogens (tertiary/aromatic N) is 6. The third-order valence-electron chi connectivity index (χ3n) is 6.14. The van der Waals surface area contributed by atoms with Gasteiger partial charge in [-0.2, -0.15) is 10.1 Å².